The van der Waals surface area contributed by atoms with Crippen molar-refractivity contribution in [1.82, 2.24) is 4.98 Å². The molecule has 3 aromatic carbocycles. The Kier molecular flexibility index (Phi) is 8.12. The first kappa shape index (κ1) is 24.4. The maximum Gasteiger partial charge on any atom is 0.262 e. The molecule has 9 heteroatoms. The smallest absolute Gasteiger partial charge is 0.262 e. The number of benzene rings is 3. The summed E-state index contributed by atoms with van der Waals surface area (Å²) in [5, 5.41) is 7.52. The summed E-state index contributed by atoms with van der Waals surface area (Å²) < 4.78 is 18.6. The molecule has 4 rings (SSSR count). The fourth-order valence-electron chi connectivity index (χ4n) is 3.06. The van der Waals surface area contributed by atoms with Crippen LogP contribution in [0.4, 0.5) is 15.2 Å². The predicted octanol–water partition coefficient (Wildman–Crippen LogP) is 6.09. The van der Waals surface area contributed by atoms with E-state index in [-0.39, 0.29) is 24.2 Å². The summed E-state index contributed by atoms with van der Waals surface area (Å²) in [6.07, 6.45) is 0. The first-order valence-electron chi connectivity index (χ1n) is 10.7. The van der Waals surface area contributed by atoms with Crippen LogP contribution in [0.5, 0.6) is 5.75 Å². The summed E-state index contributed by atoms with van der Waals surface area (Å²) in [4.78, 5) is 30.2. The molecular weight excluding hydrogens is 485 g/mol. The van der Waals surface area contributed by atoms with Gasteiger partial charge in [-0.2, -0.15) is 0 Å². The molecule has 0 fully saturated rings. The van der Waals surface area contributed by atoms with Gasteiger partial charge in [-0.05, 0) is 61.5 Å². The molecule has 0 aliphatic rings. The van der Waals surface area contributed by atoms with Crippen LogP contribution in [0.1, 0.15) is 6.92 Å². The van der Waals surface area contributed by atoms with Gasteiger partial charge in [0, 0.05) is 21.5 Å². The third kappa shape index (κ3) is 7.14. The maximum atomic E-state index is 13.1. The second kappa shape index (κ2) is 11.6. The summed E-state index contributed by atoms with van der Waals surface area (Å²) in [6, 6.07) is 22.4. The minimum Gasteiger partial charge on any atom is -0.484 e. The van der Waals surface area contributed by atoms with Gasteiger partial charge in [-0.25, -0.2) is 9.37 Å². The van der Waals surface area contributed by atoms with Gasteiger partial charge < -0.3 is 15.4 Å². The summed E-state index contributed by atoms with van der Waals surface area (Å²) in [5.74, 6) is -0.160. The monoisotopic (exact) mass is 507 g/mol. The van der Waals surface area contributed by atoms with Gasteiger partial charge in [0.2, 0.25) is 5.91 Å². The third-order valence-electron chi connectivity index (χ3n) is 4.79. The number of anilines is 2. The first-order valence-corrected chi connectivity index (χ1v) is 12.5. The molecular formula is C26H22FN3O3S2. The number of ether oxygens (including phenoxy) is 1. The molecule has 1 unspecified atom stereocenters. The molecule has 0 saturated carbocycles. The molecule has 1 heterocycles. The quantitative estimate of drug-likeness (QED) is 0.268. The number of nitrogens with zero attached hydrogens (tertiary/aromatic N) is 1. The highest BCUT2D eigenvalue weighted by Crippen LogP contribution is 2.29. The Morgan fingerprint density at radius 1 is 1.03 bits per heavy atom. The van der Waals surface area contributed by atoms with E-state index >= 15 is 0 Å². The molecule has 0 bridgehead atoms. The molecule has 0 radical (unpaired) electrons. The number of carbonyl (C=O) groups is 2. The largest absolute Gasteiger partial charge is 0.484 e. The second-order valence-electron chi connectivity index (χ2n) is 7.47. The Bertz CT molecular complexity index is 1300. The van der Waals surface area contributed by atoms with Gasteiger partial charge in [0.25, 0.3) is 5.91 Å². The van der Waals surface area contributed by atoms with E-state index in [4.69, 9.17) is 4.74 Å². The minimum atomic E-state index is -0.402. The molecule has 4 aromatic rings. The standard InChI is InChI=1S/C26H22FN3O3S2/c1-17(25(32)30-26-29-23(16-34-26)18-10-12-19(27)13-11-18)35-22-9-5-6-20(14-22)28-24(31)15-33-21-7-3-2-4-8-21/h2-14,16-17H,15H2,1H3,(H,28,31)(H,29,30,32). The molecule has 1 aromatic heterocycles. The van der Waals surface area contributed by atoms with E-state index < -0.39 is 5.25 Å². The second-order valence-corrected chi connectivity index (χ2v) is 9.74. The highest BCUT2D eigenvalue weighted by molar-refractivity contribution is 8.00. The van der Waals surface area contributed by atoms with Crippen molar-refractivity contribution in [3.05, 3.63) is 90.1 Å². The summed E-state index contributed by atoms with van der Waals surface area (Å²) in [5.41, 5.74) is 2.07. The zero-order chi connectivity index (χ0) is 24.6. The van der Waals surface area contributed by atoms with Crippen LogP contribution in [-0.4, -0.2) is 28.7 Å². The number of para-hydroxylation sites is 1. The van der Waals surface area contributed by atoms with Crippen molar-refractivity contribution in [1.29, 1.82) is 0 Å². The lowest BCUT2D eigenvalue weighted by molar-refractivity contribution is -0.118. The molecule has 2 N–H and O–H groups in total. The molecule has 2 amide bonds. The number of carbonyl (C=O) groups excluding carboxylic acids is 2. The van der Waals surface area contributed by atoms with Crippen LogP contribution in [0.3, 0.4) is 0 Å². The van der Waals surface area contributed by atoms with E-state index in [0.717, 1.165) is 10.5 Å². The lowest BCUT2D eigenvalue weighted by atomic mass is 10.2. The summed E-state index contributed by atoms with van der Waals surface area (Å²) in [7, 11) is 0. The van der Waals surface area contributed by atoms with Gasteiger partial charge in [0.1, 0.15) is 11.6 Å². The van der Waals surface area contributed by atoms with Gasteiger partial charge in [-0.3, -0.25) is 9.59 Å². The number of nitrogens with one attached hydrogen (secondary N) is 2. The van der Waals surface area contributed by atoms with Crippen LogP contribution in [0.2, 0.25) is 0 Å². The van der Waals surface area contributed by atoms with Gasteiger partial charge >= 0.3 is 0 Å². The van der Waals surface area contributed by atoms with E-state index in [1.165, 1.54) is 35.2 Å². The number of hydrogen-bond acceptors (Lipinski definition) is 6. The normalized spacial score (nSPS) is 11.5. The average Bonchev–Trinajstić information content (AvgIpc) is 3.32. The number of aromatic nitrogens is 1. The van der Waals surface area contributed by atoms with Crippen LogP contribution < -0.4 is 15.4 Å². The topological polar surface area (TPSA) is 80.3 Å². The van der Waals surface area contributed by atoms with E-state index in [0.29, 0.717) is 22.3 Å². The van der Waals surface area contributed by atoms with Gasteiger partial charge in [0.05, 0.1) is 10.9 Å². The molecule has 35 heavy (non-hydrogen) atoms. The van der Waals surface area contributed by atoms with Crippen LogP contribution in [0.15, 0.2) is 89.1 Å². The molecule has 0 saturated heterocycles. The first-order chi connectivity index (χ1) is 17.0. The van der Waals surface area contributed by atoms with Crippen molar-refractivity contribution in [2.75, 3.05) is 17.2 Å². The van der Waals surface area contributed by atoms with Crippen LogP contribution in [0, 0.1) is 5.82 Å². The molecule has 178 valence electrons. The van der Waals surface area contributed by atoms with Crippen molar-refractivity contribution >= 4 is 45.7 Å². The fourth-order valence-corrected chi connectivity index (χ4v) is 4.71. The number of halogens is 1. The molecule has 0 spiro atoms. The predicted molar refractivity (Wildman–Crippen MR) is 138 cm³/mol. The number of thiazole rings is 1. The molecule has 0 aliphatic heterocycles. The lowest BCUT2D eigenvalue weighted by Gasteiger charge is -2.12. The van der Waals surface area contributed by atoms with Crippen molar-refractivity contribution in [3.8, 4) is 17.0 Å². The van der Waals surface area contributed by atoms with Crippen LogP contribution in [-0.2, 0) is 9.59 Å². The Morgan fingerprint density at radius 2 is 1.80 bits per heavy atom. The van der Waals surface area contributed by atoms with Crippen molar-refractivity contribution in [2.45, 2.75) is 17.1 Å². The summed E-state index contributed by atoms with van der Waals surface area (Å²) in [6.45, 7) is 1.70. The van der Waals surface area contributed by atoms with Crippen LogP contribution in [0.25, 0.3) is 11.3 Å². The van der Waals surface area contributed by atoms with E-state index in [2.05, 4.69) is 15.6 Å². The zero-order valence-corrected chi connectivity index (χ0v) is 20.4. The van der Waals surface area contributed by atoms with E-state index in [9.17, 15) is 14.0 Å². The Labute approximate surface area is 210 Å². The summed E-state index contributed by atoms with van der Waals surface area (Å²) >= 11 is 2.68. The molecule has 0 aliphatic carbocycles. The van der Waals surface area contributed by atoms with Crippen LogP contribution >= 0.6 is 23.1 Å². The molecule has 1 atom stereocenters. The minimum absolute atomic E-state index is 0.103. The number of amides is 2. The molecule has 6 nitrogen and oxygen atoms in total. The van der Waals surface area contributed by atoms with Crippen molar-refractivity contribution in [2.24, 2.45) is 0 Å². The Hall–Kier alpha value is -3.69. The van der Waals surface area contributed by atoms with E-state index in [1.54, 1.807) is 37.3 Å². The zero-order valence-electron chi connectivity index (χ0n) is 18.7. The van der Waals surface area contributed by atoms with Gasteiger partial charge in [-0.15, -0.1) is 23.1 Å². The SMILES string of the molecule is CC(Sc1cccc(NC(=O)COc2ccccc2)c1)C(=O)Nc1nc(-c2ccc(F)cc2)cs1. The highest BCUT2D eigenvalue weighted by Gasteiger charge is 2.17. The number of rotatable bonds is 9. The highest BCUT2D eigenvalue weighted by atomic mass is 32.2. The third-order valence-corrected chi connectivity index (χ3v) is 6.64. The number of thioether (sulfide) groups is 1. The Morgan fingerprint density at radius 3 is 2.57 bits per heavy atom. The maximum absolute atomic E-state index is 13.1. The Balaban J connectivity index is 1.29. The number of hydrogen-bond donors (Lipinski definition) is 2. The van der Waals surface area contributed by atoms with Gasteiger partial charge in [0.15, 0.2) is 11.7 Å². The van der Waals surface area contributed by atoms with Crippen molar-refractivity contribution in [3.63, 3.8) is 0 Å². The fraction of sp³-hybridized carbons (Fsp3) is 0.115. The van der Waals surface area contributed by atoms with E-state index in [1.807, 2.05) is 41.8 Å². The van der Waals surface area contributed by atoms with Crippen molar-refractivity contribution < 1.29 is 18.7 Å². The van der Waals surface area contributed by atoms with Gasteiger partial charge in [-0.1, -0.05) is 24.3 Å². The average molecular weight is 508 g/mol. The lowest BCUT2D eigenvalue weighted by Crippen LogP contribution is -2.22.